The Morgan fingerprint density at radius 1 is 1.15 bits per heavy atom. The molecule has 26 heavy (non-hydrogen) atoms. The highest BCUT2D eigenvalue weighted by atomic mass is 35.5. The minimum absolute atomic E-state index is 0.0143. The van der Waals surface area contributed by atoms with Gasteiger partial charge in [-0.1, -0.05) is 56.6 Å². The van der Waals surface area contributed by atoms with E-state index in [-0.39, 0.29) is 17.6 Å². The van der Waals surface area contributed by atoms with Gasteiger partial charge in [-0.05, 0) is 29.2 Å². The van der Waals surface area contributed by atoms with Crippen LogP contribution in [0.15, 0.2) is 42.5 Å². The van der Waals surface area contributed by atoms with E-state index in [1.807, 2.05) is 12.1 Å². The van der Waals surface area contributed by atoms with Crippen molar-refractivity contribution < 1.29 is 14.7 Å². The molecule has 2 aromatic carbocycles. The fourth-order valence-electron chi connectivity index (χ4n) is 3.30. The zero-order chi connectivity index (χ0) is 19.3. The average Bonchev–Trinajstić information content (AvgIpc) is 2.76. The Morgan fingerprint density at radius 2 is 1.77 bits per heavy atom. The lowest BCUT2D eigenvalue weighted by Crippen LogP contribution is -2.40. The lowest BCUT2D eigenvalue weighted by molar-refractivity contribution is -0.135. The zero-order valence-corrected chi connectivity index (χ0v) is 16.1. The number of nitrogens with zero attached hydrogens (tertiary/aromatic N) is 1. The van der Waals surface area contributed by atoms with Crippen molar-refractivity contribution >= 4 is 29.0 Å². The summed E-state index contributed by atoms with van der Waals surface area (Å²) in [4.78, 5) is 26.7. The highest BCUT2D eigenvalue weighted by molar-refractivity contribution is 6.31. The number of likely N-dealkylation sites (N-methyl/N-ethyl adjacent to an activating group) is 1. The first-order chi connectivity index (χ1) is 12.0. The van der Waals surface area contributed by atoms with Crippen molar-refractivity contribution in [2.24, 2.45) is 0 Å². The van der Waals surface area contributed by atoms with Gasteiger partial charge in [0, 0.05) is 23.2 Å². The highest BCUT2D eigenvalue weighted by Gasteiger charge is 2.49. The molecule has 0 spiro atoms. The van der Waals surface area contributed by atoms with Gasteiger partial charge in [-0.3, -0.25) is 9.59 Å². The van der Waals surface area contributed by atoms with Crippen molar-refractivity contribution in [3.63, 3.8) is 0 Å². The van der Waals surface area contributed by atoms with Crippen LogP contribution in [0.1, 0.15) is 48.7 Å². The van der Waals surface area contributed by atoms with Gasteiger partial charge in [0.25, 0.3) is 5.91 Å². The lowest BCUT2D eigenvalue weighted by atomic mass is 9.85. The minimum Gasteiger partial charge on any atom is -0.375 e. The number of anilines is 1. The van der Waals surface area contributed by atoms with Gasteiger partial charge in [0.1, 0.15) is 0 Å². The molecule has 1 unspecified atom stereocenters. The number of fused-ring (bicyclic) bond motifs is 1. The van der Waals surface area contributed by atoms with Crippen LogP contribution in [0.2, 0.25) is 5.02 Å². The molecule has 2 aromatic rings. The highest BCUT2D eigenvalue weighted by Crippen LogP contribution is 2.43. The number of hydrogen-bond donors (Lipinski definition) is 1. The van der Waals surface area contributed by atoms with E-state index < -0.39 is 11.5 Å². The van der Waals surface area contributed by atoms with Crippen LogP contribution >= 0.6 is 11.6 Å². The lowest BCUT2D eigenvalue weighted by Gasteiger charge is -2.22. The van der Waals surface area contributed by atoms with Gasteiger partial charge in [0.15, 0.2) is 11.4 Å². The maximum atomic E-state index is 12.8. The number of rotatable bonds is 3. The summed E-state index contributed by atoms with van der Waals surface area (Å²) in [6.07, 6.45) is -0.321. The molecule has 0 saturated carbocycles. The first kappa shape index (κ1) is 18.6. The number of Topliss-reactive ketones (excluding diaryl/α,β-unsaturated/α-hetero) is 1. The van der Waals surface area contributed by atoms with Crippen molar-refractivity contribution in [3.05, 3.63) is 64.2 Å². The fraction of sp³-hybridized carbons (Fsp3) is 0.333. The van der Waals surface area contributed by atoms with Crippen LogP contribution in [0.3, 0.4) is 0 Å². The van der Waals surface area contributed by atoms with Crippen molar-refractivity contribution in [2.45, 2.75) is 38.2 Å². The molecule has 0 aliphatic carbocycles. The maximum absolute atomic E-state index is 12.8. The molecule has 0 saturated heterocycles. The summed E-state index contributed by atoms with van der Waals surface area (Å²) < 4.78 is 0. The average molecular weight is 372 g/mol. The summed E-state index contributed by atoms with van der Waals surface area (Å²) in [7, 11) is 1.58. The monoisotopic (exact) mass is 371 g/mol. The van der Waals surface area contributed by atoms with Crippen LogP contribution in [0, 0.1) is 0 Å². The predicted molar refractivity (Wildman–Crippen MR) is 103 cm³/mol. The number of amides is 1. The van der Waals surface area contributed by atoms with Gasteiger partial charge in [0.2, 0.25) is 0 Å². The second-order valence-electron chi connectivity index (χ2n) is 7.81. The second kappa shape index (κ2) is 6.22. The third kappa shape index (κ3) is 3.04. The van der Waals surface area contributed by atoms with Gasteiger partial charge in [-0.2, -0.15) is 0 Å². The molecular weight excluding hydrogens is 350 g/mol. The summed E-state index contributed by atoms with van der Waals surface area (Å²) >= 11 is 6.03. The third-order valence-electron chi connectivity index (χ3n) is 4.91. The van der Waals surface area contributed by atoms with Crippen LogP contribution in [0.25, 0.3) is 0 Å². The number of carbonyl (C=O) groups excluding carboxylic acids is 2. The molecule has 0 bridgehead atoms. The molecule has 5 heteroatoms. The first-order valence-electron chi connectivity index (χ1n) is 8.48. The first-order valence-corrected chi connectivity index (χ1v) is 8.86. The molecule has 0 fully saturated rings. The molecule has 0 radical (unpaired) electrons. The molecular formula is C21H22ClNO3. The van der Waals surface area contributed by atoms with Crippen LogP contribution in [0.5, 0.6) is 0 Å². The second-order valence-corrected chi connectivity index (χ2v) is 8.25. The number of benzene rings is 2. The van der Waals surface area contributed by atoms with E-state index in [9.17, 15) is 14.7 Å². The number of halogens is 1. The van der Waals surface area contributed by atoms with Crippen LogP contribution in [-0.2, 0) is 15.8 Å². The Kier molecular flexibility index (Phi) is 4.45. The zero-order valence-electron chi connectivity index (χ0n) is 15.3. The Morgan fingerprint density at radius 3 is 2.35 bits per heavy atom. The normalized spacial score (nSPS) is 19.6. The Balaban J connectivity index is 1.92. The number of ketones is 1. The SMILES string of the molecule is CN1C(=O)C(O)(CC(=O)c2ccc(C(C)(C)C)cc2)c2cc(Cl)ccc21. The molecule has 1 aliphatic rings. The summed E-state index contributed by atoms with van der Waals surface area (Å²) in [5.74, 6) is -0.808. The Bertz CT molecular complexity index is 883. The third-order valence-corrected chi connectivity index (χ3v) is 5.15. The van der Waals surface area contributed by atoms with E-state index in [1.165, 1.54) is 4.90 Å². The molecule has 1 atom stereocenters. The predicted octanol–water partition coefficient (Wildman–Crippen LogP) is 4.07. The Hall–Kier alpha value is -2.17. The molecule has 1 aliphatic heterocycles. The Labute approximate surface area is 158 Å². The summed E-state index contributed by atoms with van der Waals surface area (Å²) in [5.41, 5.74) is 0.614. The molecule has 3 rings (SSSR count). The summed E-state index contributed by atoms with van der Waals surface area (Å²) in [6.45, 7) is 6.29. The molecule has 0 aromatic heterocycles. The van der Waals surface area contributed by atoms with E-state index in [0.717, 1.165) is 5.56 Å². The van der Waals surface area contributed by atoms with Crippen LogP contribution in [0.4, 0.5) is 5.69 Å². The quantitative estimate of drug-likeness (QED) is 0.827. The fourth-order valence-corrected chi connectivity index (χ4v) is 3.47. The van der Waals surface area contributed by atoms with Gasteiger partial charge >= 0.3 is 0 Å². The molecule has 136 valence electrons. The van der Waals surface area contributed by atoms with Gasteiger partial charge in [-0.25, -0.2) is 0 Å². The van der Waals surface area contributed by atoms with Crippen LogP contribution < -0.4 is 4.90 Å². The van der Waals surface area contributed by atoms with Crippen molar-refractivity contribution in [1.29, 1.82) is 0 Å². The number of hydrogen-bond acceptors (Lipinski definition) is 3. The van der Waals surface area contributed by atoms with Gasteiger partial charge in [-0.15, -0.1) is 0 Å². The van der Waals surface area contributed by atoms with E-state index >= 15 is 0 Å². The smallest absolute Gasteiger partial charge is 0.263 e. The van der Waals surface area contributed by atoms with Gasteiger partial charge in [0.05, 0.1) is 12.1 Å². The summed E-state index contributed by atoms with van der Waals surface area (Å²) in [6, 6.07) is 12.2. The van der Waals surface area contributed by atoms with E-state index in [4.69, 9.17) is 11.6 Å². The molecule has 1 amide bonds. The minimum atomic E-state index is -1.89. The van der Waals surface area contributed by atoms with E-state index in [1.54, 1.807) is 37.4 Å². The van der Waals surface area contributed by atoms with E-state index in [0.29, 0.717) is 21.8 Å². The number of aliphatic hydroxyl groups is 1. The largest absolute Gasteiger partial charge is 0.375 e. The number of carbonyl (C=O) groups is 2. The molecule has 4 nitrogen and oxygen atoms in total. The molecule has 1 N–H and O–H groups in total. The topological polar surface area (TPSA) is 57.6 Å². The molecule has 1 heterocycles. The summed E-state index contributed by atoms with van der Waals surface area (Å²) in [5, 5.41) is 11.5. The van der Waals surface area contributed by atoms with E-state index in [2.05, 4.69) is 20.8 Å². The van der Waals surface area contributed by atoms with Crippen molar-refractivity contribution in [3.8, 4) is 0 Å². The van der Waals surface area contributed by atoms with Gasteiger partial charge < -0.3 is 10.0 Å². The standard InChI is InChI=1S/C21H22ClNO3/c1-20(2,3)14-7-5-13(6-8-14)18(24)12-21(26)16-11-15(22)9-10-17(16)23(4)19(21)25/h5-11,26H,12H2,1-4H3. The van der Waals surface area contributed by atoms with Crippen molar-refractivity contribution in [1.82, 2.24) is 0 Å². The van der Waals surface area contributed by atoms with Crippen LogP contribution in [-0.4, -0.2) is 23.8 Å². The van der Waals surface area contributed by atoms with Crippen molar-refractivity contribution in [2.75, 3.05) is 11.9 Å². The maximum Gasteiger partial charge on any atom is 0.263 e.